The molecule has 0 saturated carbocycles. The maximum Gasteiger partial charge on any atom is 0.584 e. The number of hydrogen-bond donors (Lipinski definition) is 1. The first-order valence-electron chi connectivity index (χ1n) is 17.7. The maximum atomic E-state index is 14.5. The molecule has 250 valence electrons. The molecule has 53 heavy (non-hydrogen) atoms. The van der Waals surface area contributed by atoms with Crippen molar-refractivity contribution >= 4 is 72.5 Å². The molecule has 0 fully saturated rings. The molecule has 0 aromatic heterocycles. The molecule has 0 atom stereocenters. The van der Waals surface area contributed by atoms with Gasteiger partial charge in [0.1, 0.15) is 11.5 Å². The van der Waals surface area contributed by atoms with Crippen LogP contribution in [0.2, 0.25) is 0 Å². The molecule has 10 aromatic rings. The van der Waals surface area contributed by atoms with Gasteiger partial charge in [-0.15, -0.1) is 0 Å². The minimum Gasteiger partial charge on any atom is -0.394 e. The van der Waals surface area contributed by atoms with Gasteiger partial charge in [-0.3, -0.25) is 4.89 Å². The van der Waals surface area contributed by atoms with Crippen molar-refractivity contribution in [2.45, 2.75) is 0 Å². The van der Waals surface area contributed by atoms with Crippen LogP contribution in [0, 0.1) is 0 Å². The van der Waals surface area contributed by atoms with Crippen LogP contribution in [0.3, 0.4) is 0 Å². The van der Waals surface area contributed by atoms with E-state index >= 15 is 0 Å². The van der Waals surface area contributed by atoms with Gasteiger partial charge in [0.2, 0.25) is 0 Å². The summed E-state index contributed by atoms with van der Waals surface area (Å²) in [5.74, 6) is 0.638. The summed E-state index contributed by atoms with van der Waals surface area (Å²) in [6.07, 6.45) is 0. The Morgan fingerprint density at radius 2 is 0.623 bits per heavy atom. The molecular formula is C48H29O4P. The number of phosphoric acid groups is 1. The summed E-state index contributed by atoms with van der Waals surface area (Å²) >= 11 is 0. The first-order chi connectivity index (χ1) is 26.0. The molecular weight excluding hydrogens is 671 g/mol. The highest BCUT2D eigenvalue weighted by atomic mass is 31.2. The lowest BCUT2D eigenvalue weighted by Crippen LogP contribution is -2.00. The topological polar surface area (TPSA) is 55.8 Å². The summed E-state index contributed by atoms with van der Waals surface area (Å²) in [6.45, 7) is 0. The van der Waals surface area contributed by atoms with Crippen LogP contribution in [0.5, 0.6) is 11.5 Å². The van der Waals surface area contributed by atoms with Crippen molar-refractivity contribution in [3.63, 3.8) is 0 Å². The minimum atomic E-state index is -4.76. The maximum absolute atomic E-state index is 14.5. The summed E-state index contributed by atoms with van der Waals surface area (Å²) in [5.41, 5.74) is 4.70. The Balaban J connectivity index is 1.33. The molecule has 4 nitrogen and oxygen atoms in total. The normalized spacial score (nSPS) is 13.5. The van der Waals surface area contributed by atoms with E-state index in [0.717, 1.165) is 98.0 Å². The minimum absolute atomic E-state index is 0.319. The van der Waals surface area contributed by atoms with Crippen molar-refractivity contribution in [2.75, 3.05) is 0 Å². The number of rotatable bonds is 2. The zero-order chi connectivity index (χ0) is 35.3. The van der Waals surface area contributed by atoms with Crippen molar-refractivity contribution in [1.82, 2.24) is 0 Å². The summed E-state index contributed by atoms with van der Waals surface area (Å²) < 4.78 is 27.2. The monoisotopic (exact) mass is 700 g/mol. The van der Waals surface area contributed by atoms with Crippen LogP contribution in [0.25, 0.3) is 98.0 Å². The summed E-state index contributed by atoms with van der Waals surface area (Å²) in [4.78, 5) is 11.8. The summed E-state index contributed by atoms with van der Waals surface area (Å²) in [6, 6.07) is 58.1. The highest BCUT2D eigenvalue weighted by molar-refractivity contribution is 7.48. The van der Waals surface area contributed by atoms with Crippen LogP contribution in [0.15, 0.2) is 170 Å². The number of phosphoric ester groups is 1. The molecule has 0 unspecified atom stereocenters. The van der Waals surface area contributed by atoms with Gasteiger partial charge in [-0.25, -0.2) is 4.57 Å². The first kappa shape index (κ1) is 30.2. The molecule has 10 aromatic carbocycles. The van der Waals surface area contributed by atoms with Crippen LogP contribution in [-0.2, 0) is 4.57 Å². The van der Waals surface area contributed by atoms with Gasteiger partial charge in [-0.1, -0.05) is 146 Å². The third-order valence-electron chi connectivity index (χ3n) is 10.8. The highest BCUT2D eigenvalue weighted by Gasteiger charge is 2.38. The van der Waals surface area contributed by atoms with Crippen LogP contribution < -0.4 is 9.05 Å². The highest BCUT2D eigenvalue weighted by Crippen LogP contribution is 2.62. The molecule has 5 heteroatoms. The Morgan fingerprint density at radius 3 is 1.02 bits per heavy atom. The molecule has 0 radical (unpaired) electrons. The lowest BCUT2D eigenvalue weighted by atomic mass is 9.84. The van der Waals surface area contributed by atoms with Crippen LogP contribution >= 0.6 is 7.82 Å². The second-order valence-electron chi connectivity index (χ2n) is 13.7. The van der Waals surface area contributed by atoms with E-state index in [9.17, 15) is 9.46 Å². The molecule has 1 N–H and O–H groups in total. The van der Waals surface area contributed by atoms with Crippen LogP contribution in [-0.4, -0.2) is 4.89 Å². The predicted octanol–water partition coefficient (Wildman–Crippen LogP) is 13.5. The average molecular weight is 701 g/mol. The zero-order valence-corrected chi connectivity index (χ0v) is 29.2. The predicted molar refractivity (Wildman–Crippen MR) is 219 cm³/mol. The summed E-state index contributed by atoms with van der Waals surface area (Å²) in [5, 5.41) is 12.4. The standard InChI is InChI=1S/C48H29O4P/c49-53(50)51-47-43(41-25-29-13-1-5-17-33(29)37-21-9-11-23-39(37)41)27-31-15-3-7-19-35(31)45(47)46-36-20-8-4-16-32(36)28-44(48(46)52-53)42-26-30-14-2-6-18-34(30)38-22-10-12-24-40(38)42/h1-28H,(H,49,50). The van der Waals surface area contributed by atoms with Crippen LogP contribution in [0.4, 0.5) is 0 Å². The van der Waals surface area contributed by atoms with E-state index in [0.29, 0.717) is 11.5 Å². The molecule has 0 amide bonds. The second kappa shape index (κ2) is 11.3. The lowest BCUT2D eigenvalue weighted by molar-refractivity contribution is 0.295. The van der Waals surface area contributed by atoms with E-state index < -0.39 is 7.82 Å². The fourth-order valence-corrected chi connectivity index (χ4v) is 9.42. The Bertz CT molecular complexity index is 3020. The molecule has 0 bridgehead atoms. The Hall–Kier alpha value is -6.45. The van der Waals surface area contributed by atoms with Gasteiger partial charge >= 0.3 is 7.82 Å². The largest absolute Gasteiger partial charge is 0.584 e. The van der Waals surface area contributed by atoms with Gasteiger partial charge in [0.25, 0.3) is 0 Å². The van der Waals surface area contributed by atoms with E-state index in [-0.39, 0.29) is 0 Å². The van der Waals surface area contributed by atoms with Crippen molar-refractivity contribution < 1.29 is 18.5 Å². The van der Waals surface area contributed by atoms with Gasteiger partial charge < -0.3 is 9.05 Å². The van der Waals surface area contributed by atoms with Gasteiger partial charge in [0, 0.05) is 22.3 Å². The lowest BCUT2D eigenvalue weighted by Gasteiger charge is -2.20. The number of hydrogen-bond acceptors (Lipinski definition) is 3. The van der Waals surface area contributed by atoms with Gasteiger partial charge in [-0.05, 0) is 100 Å². The van der Waals surface area contributed by atoms with Gasteiger partial charge in [-0.2, -0.15) is 0 Å². The van der Waals surface area contributed by atoms with Crippen molar-refractivity contribution in [1.29, 1.82) is 0 Å². The molecule has 0 saturated heterocycles. The fraction of sp³-hybridized carbons (Fsp3) is 0. The third-order valence-corrected chi connectivity index (χ3v) is 11.6. The third kappa shape index (κ3) is 4.57. The molecule has 11 rings (SSSR count). The van der Waals surface area contributed by atoms with Crippen LogP contribution in [0.1, 0.15) is 0 Å². The van der Waals surface area contributed by atoms with E-state index in [4.69, 9.17) is 9.05 Å². The Labute approximate surface area is 304 Å². The molecule has 1 aliphatic heterocycles. The zero-order valence-electron chi connectivity index (χ0n) is 28.3. The number of fused-ring (bicyclic) bond motifs is 13. The molecule has 1 heterocycles. The van der Waals surface area contributed by atoms with Crippen molar-refractivity contribution in [3.05, 3.63) is 170 Å². The molecule has 0 aliphatic carbocycles. The second-order valence-corrected chi connectivity index (χ2v) is 15.0. The van der Waals surface area contributed by atoms with E-state index in [2.05, 4.69) is 109 Å². The molecule has 0 spiro atoms. The number of benzene rings is 10. The fourth-order valence-electron chi connectivity index (χ4n) is 8.55. The van der Waals surface area contributed by atoms with E-state index in [1.54, 1.807) is 0 Å². The van der Waals surface area contributed by atoms with E-state index in [1.807, 2.05) is 60.7 Å². The van der Waals surface area contributed by atoms with Gasteiger partial charge in [0.05, 0.1) is 0 Å². The average Bonchev–Trinajstić information content (AvgIpc) is 3.33. The molecule has 1 aliphatic rings. The SMILES string of the molecule is O=P1(O)Oc2c(-c3cc4ccccc4c4ccccc34)cc3ccccc3c2-c2c(c(-c3cc4ccccc4c4ccccc34)cc3ccccc23)O1. The smallest absolute Gasteiger partial charge is 0.394 e. The Kier molecular flexibility index (Phi) is 6.42. The van der Waals surface area contributed by atoms with Gasteiger partial charge in [0.15, 0.2) is 0 Å². The van der Waals surface area contributed by atoms with Crippen molar-refractivity contribution in [3.8, 4) is 44.9 Å². The van der Waals surface area contributed by atoms with Crippen molar-refractivity contribution in [2.24, 2.45) is 0 Å². The quantitative estimate of drug-likeness (QED) is 0.144. The summed E-state index contributed by atoms with van der Waals surface area (Å²) in [7, 11) is -4.76. The Morgan fingerprint density at radius 1 is 0.340 bits per heavy atom. The first-order valence-corrected chi connectivity index (χ1v) is 19.2. The van der Waals surface area contributed by atoms with E-state index in [1.165, 1.54) is 0 Å².